The molecule has 0 fully saturated rings. The van der Waals surface area contributed by atoms with Crippen LogP contribution in [0.3, 0.4) is 0 Å². The van der Waals surface area contributed by atoms with Crippen molar-refractivity contribution in [2.24, 2.45) is 0 Å². The molecule has 2 aromatic rings. The van der Waals surface area contributed by atoms with Gasteiger partial charge >= 0.3 is 0 Å². The van der Waals surface area contributed by atoms with Crippen molar-refractivity contribution in [3.05, 3.63) is 50.6 Å². The number of carbonyl (C=O) groups excluding carboxylic acids is 1. The van der Waals surface area contributed by atoms with Crippen LogP contribution in [-0.2, 0) is 4.79 Å². The van der Waals surface area contributed by atoms with Gasteiger partial charge in [0.15, 0.2) is 0 Å². The predicted octanol–water partition coefficient (Wildman–Crippen LogP) is 3.53. The van der Waals surface area contributed by atoms with Gasteiger partial charge in [0, 0.05) is 9.35 Å². The normalized spacial score (nSPS) is 22.5. The summed E-state index contributed by atoms with van der Waals surface area (Å²) < 4.78 is 1.05. The van der Waals surface area contributed by atoms with Crippen LogP contribution in [0.5, 0.6) is 0 Å². The minimum Gasteiger partial charge on any atom is -0.324 e. The third kappa shape index (κ3) is 2.45. The Labute approximate surface area is 124 Å². The Morgan fingerprint density at radius 1 is 1.21 bits per heavy atom. The van der Waals surface area contributed by atoms with Crippen LogP contribution in [0.4, 0.5) is 5.69 Å². The fraction of sp³-hybridized carbons (Fsp3) is 0.214. The maximum atomic E-state index is 11.9. The minimum absolute atomic E-state index is 0.0132. The maximum Gasteiger partial charge on any atom is 0.241 e. The first-order valence-electron chi connectivity index (χ1n) is 6.05. The fourth-order valence-electron chi connectivity index (χ4n) is 2.19. The molecule has 1 aromatic carbocycles. The highest BCUT2D eigenvalue weighted by atomic mass is 79.9. The van der Waals surface area contributed by atoms with Gasteiger partial charge in [0.2, 0.25) is 5.91 Å². The zero-order valence-electron chi connectivity index (χ0n) is 10.3. The molecule has 3 nitrogen and oxygen atoms in total. The third-order valence-corrected chi connectivity index (χ3v) is 4.74. The molecule has 0 aliphatic carbocycles. The van der Waals surface area contributed by atoms with Crippen LogP contribution < -0.4 is 10.6 Å². The molecule has 98 valence electrons. The van der Waals surface area contributed by atoms with Gasteiger partial charge in [-0.1, -0.05) is 28.1 Å². The largest absolute Gasteiger partial charge is 0.324 e. The van der Waals surface area contributed by atoms with E-state index in [1.807, 2.05) is 30.5 Å². The Bertz CT molecular complexity index is 608. The van der Waals surface area contributed by atoms with Crippen molar-refractivity contribution in [1.29, 1.82) is 0 Å². The van der Waals surface area contributed by atoms with Gasteiger partial charge in [-0.05, 0) is 36.1 Å². The molecule has 5 heteroatoms. The lowest BCUT2D eigenvalue weighted by atomic mass is 10.0. The topological polar surface area (TPSA) is 41.1 Å². The molecule has 1 aromatic heterocycles. The first-order valence-corrected chi connectivity index (χ1v) is 7.72. The zero-order chi connectivity index (χ0) is 13.4. The van der Waals surface area contributed by atoms with Crippen LogP contribution in [0, 0.1) is 0 Å². The summed E-state index contributed by atoms with van der Waals surface area (Å²) in [7, 11) is 0. The molecule has 1 aliphatic rings. The highest BCUT2D eigenvalue weighted by Gasteiger charge is 2.28. The summed E-state index contributed by atoms with van der Waals surface area (Å²) in [5.74, 6) is 0.0132. The summed E-state index contributed by atoms with van der Waals surface area (Å²) in [5.41, 5.74) is 2.08. The Balaban J connectivity index is 2.05. The number of halogens is 1. The average Bonchev–Trinajstić information content (AvgIpc) is 2.80. The Morgan fingerprint density at radius 3 is 2.68 bits per heavy atom. The van der Waals surface area contributed by atoms with Gasteiger partial charge < -0.3 is 5.32 Å². The molecule has 0 radical (unpaired) electrons. The van der Waals surface area contributed by atoms with Crippen molar-refractivity contribution in [2.45, 2.75) is 19.0 Å². The fourth-order valence-corrected chi connectivity index (χ4v) is 3.39. The number of anilines is 1. The van der Waals surface area contributed by atoms with Crippen LogP contribution >= 0.6 is 27.3 Å². The van der Waals surface area contributed by atoms with Gasteiger partial charge in [-0.15, -0.1) is 11.3 Å². The number of carbonyl (C=O) groups is 1. The molecule has 3 rings (SSSR count). The summed E-state index contributed by atoms with van der Waals surface area (Å²) in [4.78, 5) is 13.1. The van der Waals surface area contributed by atoms with Crippen molar-refractivity contribution in [3.63, 3.8) is 0 Å². The van der Waals surface area contributed by atoms with Gasteiger partial charge in [-0.2, -0.15) is 0 Å². The molecule has 2 N–H and O–H groups in total. The molecular weight excluding hydrogens is 324 g/mol. The van der Waals surface area contributed by atoms with Gasteiger partial charge in [-0.3, -0.25) is 10.1 Å². The summed E-state index contributed by atoms with van der Waals surface area (Å²) in [5, 5.41) is 8.36. The lowest BCUT2D eigenvalue weighted by Gasteiger charge is -2.19. The Morgan fingerprint density at radius 2 is 1.95 bits per heavy atom. The van der Waals surface area contributed by atoms with Gasteiger partial charge in [0.05, 0.1) is 17.8 Å². The molecule has 2 heterocycles. The second-order valence-corrected chi connectivity index (χ2v) is 6.42. The molecule has 1 aliphatic heterocycles. The quantitative estimate of drug-likeness (QED) is 0.836. The Kier molecular flexibility index (Phi) is 3.43. The molecule has 0 spiro atoms. The molecule has 2 atom stereocenters. The van der Waals surface area contributed by atoms with Gasteiger partial charge in [0.1, 0.15) is 0 Å². The van der Waals surface area contributed by atoms with E-state index >= 15 is 0 Å². The number of benzene rings is 1. The number of nitrogens with one attached hydrogen (secondary N) is 2. The third-order valence-electron chi connectivity index (χ3n) is 3.23. The standard InChI is InChI=1S/C14H13BrN2OS/c1-8-14(18)17-11-6-7-19-13(11)12(16-8)9-2-4-10(15)5-3-9/h2-8,12,16H,1H3,(H,17,18)/t8-,12?/m0/s1. The second kappa shape index (κ2) is 5.07. The number of hydrogen-bond donors (Lipinski definition) is 2. The van der Waals surface area contributed by atoms with E-state index in [0.29, 0.717) is 0 Å². The lowest BCUT2D eigenvalue weighted by Crippen LogP contribution is -2.37. The molecule has 0 saturated carbocycles. The van der Waals surface area contributed by atoms with E-state index in [0.717, 1.165) is 20.6 Å². The highest BCUT2D eigenvalue weighted by Crippen LogP contribution is 2.35. The zero-order valence-corrected chi connectivity index (χ0v) is 12.7. The molecule has 1 unspecified atom stereocenters. The highest BCUT2D eigenvalue weighted by molar-refractivity contribution is 9.10. The smallest absolute Gasteiger partial charge is 0.241 e. The van der Waals surface area contributed by atoms with E-state index in [2.05, 4.69) is 38.7 Å². The van der Waals surface area contributed by atoms with E-state index in [1.165, 1.54) is 0 Å². The van der Waals surface area contributed by atoms with E-state index in [9.17, 15) is 4.79 Å². The van der Waals surface area contributed by atoms with E-state index in [-0.39, 0.29) is 18.0 Å². The molecule has 19 heavy (non-hydrogen) atoms. The van der Waals surface area contributed by atoms with Crippen LogP contribution in [0.25, 0.3) is 0 Å². The van der Waals surface area contributed by atoms with Crippen molar-refractivity contribution in [1.82, 2.24) is 5.32 Å². The van der Waals surface area contributed by atoms with Crippen molar-refractivity contribution < 1.29 is 4.79 Å². The number of fused-ring (bicyclic) bond motifs is 1. The van der Waals surface area contributed by atoms with Gasteiger partial charge in [-0.25, -0.2) is 0 Å². The van der Waals surface area contributed by atoms with E-state index in [1.54, 1.807) is 11.3 Å². The summed E-state index contributed by atoms with van der Waals surface area (Å²) in [6.07, 6.45) is 0. The van der Waals surface area contributed by atoms with Crippen LogP contribution in [0.2, 0.25) is 0 Å². The van der Waals surface area contributed by atoms with Crippen LogP contribution in [0.1, 0.15) is 23.4 Å². The summed E-state index contributed by atoms with van der Waals surface area (Å²) in [6, 6.07) is 10.0. The van der Waals surface area contributed by atoms with Crippen molar-refractivity contribution in [2.75, 3.05) is 5.32 Å². The van der Waals surface area contributed by atoms with Crippen molar-refractivity contribution in [3.8, 4) is 0 Å². The predicted molar refractivity (Wildman–Crippen MR) is 81.5 cm³/mol. The number of amides is 1. The monoisotopic (exact) mass is 336 g/mol. The molecular formula is C14H13BrN2OS. The van der Waals surface area contributed by atoms with Crippen LogP contribution in [-0.4, -0.2) is 11.9 Å². The summed E-state index contributed by atoms with van der Waals surface area (Å²) >= 11 is 5.11. The second-order valence-electron chi connectivity index (χ2n) is 4.56. The van der Waals surface area contributed by atoms with E-state index in [4.69, 9.17) is 0 Å². The van der Waals surface area contributed by atoms with Crippen LogP contribution in [0.15, 0.2) is 40.2 Å². The van der Waals surface area contributed by atoms with Gasteiger partial charge in [0.25, 0.3) is 0 Å². The number of thiophene rings is 1. The van der Waals surface area contributed by atoms with E-state index < -0.39 is 0 Å². The molecule has 1 amide bonds. The molecule has 0 saturated heterocycles. The lowest BCUT2D eigenvalue weighted by molar-refractivity contribution is -0.117. The summed E-state index contributed by atoms with van der Waals surface area (Å²) in [6.45, 7) is 1.89. The van der Waals surface area contributed by atoms with Crippen molar-refractivity contribution >= 4 is 38.9 Å². The molecule has 0 bridgehead atoms. The SMILES string of the molecule is C[C@@H]1NC(c2ccc(Br)cc2)c2sccc2NC1=O. The number of hydrogen-bond acceptors (Lipinski definition) is 3. The average molecular weight is 337 g/mol. The minimum atomic E-state index is -0.215. The first kappa shape index (κ1) is 12.8. The maximum absolute atomic E-state index is 11.9. The Hall–Kier alpha value is -1.17. The number of rotatable bonds is 1. The first-order chi connectivity index (χ1) is 9.15.